The van der Waals surface area contributed by atoms with Crippen molar-refractivity contribution in [2.24, 2.45) is 5.92 Å². The van der Waals surface area contributed by atoms with Crippen LogP contribution in [0.4, 0.5) is 4.39 Å². The molecular formula is C13H18FNO2S. The molecule has 2 atom stereocenters. The number of aliphatic hydroxyl groups excluding tert-OH is 1. The average Bonchev–Trinajstić information content (AvgIpc) is 2.36. The number of halogens is 1. The van der Waals surface area contributed by atoms with Crippen LogP contribution in [-0.4, -0.2) is 29.6 Å². The van der Waals surface area contributed by atoms with Gasteiger partial charge < -0.3 is 10.4 Å². The van der Waals surface area contributed by atoms with Gasteiger partial charge in [0.15, 0.2) is 0 Å². The van der Waals surface area contributed by atoms with Crippen LogP contribution < -0.4 is 5.32 Å². The Morgan fingerprint density at radius 3 is 2.78 bits per heavy atom. The highest BCUT2D eigenvalue weighted by Gasteiger charge is 2.16. The largest absolute Gasteiger partial charge is 0.386 e. The number of nitrogens with one attached hydrogen (secondary N) is 1. The lowest BCUT2D eigenvalue weighted by atomic mass is 10.1. The van der Waals surface area contributed by atoms with Gasteiger partial charge >= 0.3 is 0 Å². The third-order valence-electron chi connectivity index (χ3n) is 2.60. The molecule has 0 saturated heterocycles. The number of aliphatic hydroxyl groups is 1. The normalized spacial score (nSPS) is 14.0. The summed E-state index contributed by atoms with van der Waals surface area (Å²) in [5.41, 5.74) is 0.204. The van der Waals surface area contributed by atoms with E-state index in [9.17, 15) is 14.3 Å². The molecule has 3 nitrogen and oxygen atoms in total. The molecule has 0 bridgehead atoms. The molecule has 0 aliphatic carbocycles. The van der Waals surface area contributed by atoms with Crippen molar-refractivity contribution in [1.29, 1.82) is 0 Å². The Kier molecular flexibility index (Phi) is 6.15. The molecule has 0 aromatic heterocycles. The number of hydrogen-bond acceptors (Lipinski definition) is 3. The molecule has 0 unspecified atom stereocenters. The van der Waals surface area contributed by atoms with E-state index < -0.39 is 11.9 Å². The van der Waals surface area contributed by atoms with E-state index in [1.54, 1.807) is 23.9 Å². The molecule has 0 spiro atoms. The number of benzene rings is 1. The van der Waals surface area contributed by atoms with E-state index in [0.717, 1.165) is 5.75 Å². The molecule has 1 rings (SSSR count). The molecule has 0 radical (unpaired) electrons. The molecule has 1 aromatic rings. The number of hydrogen-bond donors (Lipinski definition) is 2. The van der Waals surface area contributed by atoms with Crippen LogP contribution >= 0.6 is 11.8 Å². The van der Waals surface area contributed by atoms with Crippen molar-refractivity contribution >= 4 is 17.7 Å². The minimum absolute atomic E-state index is 0.0263. The Balaban J connectivity index is 2.49. The average molecular weight is 271 g/mol. The van der Waals surface area contributed by atoms with E-state index in [2.05, 4.69) is 5.32 Å². The first-order chi connectivity index (χ1) is 8.56. The lowest BCUT2D eigenvalue weighted by Gasteiger charge is -2.15. The zero-order valence-electron chi connectivity index (χ0n) is 10.5. The van der Waals surface area contributed by atoms with Gasteiger partial charge in [-0.15, -0.1) is 0 Å². The number of carbonyl (C=O) groups excluding carboxylic acids is 1. The van der Waals surface area contributed by atoms with Gasteiger partial charge in [0.05, 0.1) is 6.10 Å². The zero-order valence-corrected chi connectivity index (χ0v) is 11.3. The maximum Gasteiger partial charge on any atom is 0.223 e. The topological polar surface area (TPSA) is 49.3 Å². The molecule has 0 aliphatic rings. The molecule has 1 amide bonds. The molecule has 100 valence electrons. The number of carbonyl (C=O) groups is 1. The SMILES string of the molecule is CSC[C@H](C)C(=O)NC[C@H](O)c1ccccc1F. The fourth-order valence-electron chi connectivity index (χ4n) is 1.55. The minimum Gasteiger partial charge on any atom is -0.386 e. The molecule has 18 heavy (non-hydrogen) atoms. The molecule has 2 N–H and O–H groups in total. The van der Waals surface area contributed by atoms with Gasteiger partial charge in [0.1, 0.15) is 5.82 Å². The van der Waals surface area contributed by atoms with Gasteiger partial charge in [-0.2, -0.15) is 11.8 Å². The molecule has 1 aromatic carbocycles. The summed E-state index contributed by atoms with van der Waals surface area (Å²) in [6.07, 6.45) is 0.912. The Bertz CT molecular complexity index is 400. The van der Waals surface area contributed by atoms with Crippen molar-refractivity contribution in [1.82, 2.24) is 5.32 Å². The van der Waals surface area contributed by atoms with Crippen LogP contribution in [0.25, 0.3) is 0 Å². The van der Waals surface area contributed by atoms with Crippen LogP contribution in [0.5, 0.6) is 0 Å². The van der Waals surface area contributed by atoms with Crippen molar-refractivity contribution in [2.45, 2.75) is 13.0 Å². The highest BCUT2D eigenvalue weighted by molar-refractivity contribution is 7.98. The second-order valence-electron chi connectivity index (χ2n) is 4.14. The second kappa shape index (κ2) is 7.38. The Labute approximate surface area is 111 Å². The Morgan fingerprint density at radius 2 is 2.17 bits per heavy atom. The van der Waals surface area contributed by atoms with E-state index in [0.29, 0.717) is 0 Å². The first-order valence-corrected chi connectivity index (χ1v) is 7.14. The summed E-state index contributed by atoms with van der Waals surface area (Å²) < 4.78 is 13.4. The van der Waals surface area contributed by atoms with Crippen LogP contribution in [0.3, 0.4) is 0 Å². The summed E-state index contributed by atoms with van der Waals surface area (Å²) in [6, 6.07) is 6.01. The van der Waals surface area contributed by atoms with Gasteiger partial charge in [-0.1, -0.05) is 25.1 Å². The Hall–Kier alpha value is -1.07. The van der Waals surface area contributed by atoms with E-state index >= 15 is 0 Å². The van der Waals surface area contributed by atoms with Crippen molar-refractivity contribution in [2.75, 3.05) is 18.6 Å². The van der Waals surface area contributed by atoms with Gasteiger partial charge in [-0.25, -0.2) is 4.39 Å². The van der Waals surface area contributed by atoms with Crippen LogP contribution in [0.15, 0.2) is 24.3 Å². The third kappa shape index (κ3) is 4.31. The molecule has 0 heterocycles. The van der Waals surface area contributed by atoms with E-state index in [-0.39, 0.29) is 23.9 Å². The van der Waals surface area contributed by atoms with Crippen LogP contribution in [0, 0.1) is 11.7 Å². The summed E-state index contributed by atoms with van der Waals surface area (Å²) >= 11 is 1.59. The van der Waals surface area contributed by atoms with Gasteiger partial charge in [0.2, 0.25) is 5.91 Å². The highest BCUT2D eigenvalue weighted by atomic mass is 32.2. The fraction of sp³-hybridized carbons (Fsp3) is 0.462. The standard InChI is InChI=1S/C13H18FNO2S/c1-9(8-18-2)13(17)15-7-12(16)10-5-3-4-6-11(10)14/h3-6,9,12,16H,7-8H2,1-2H3,(H,15,17)/t9-,12-/m0/s1. The quantitative estimate of drug-likeness (QED) is 0.831. The van der Waals surface area contributed by atoms with E-state index in [1.807, 2.05) is 13.2 Å². The summed E-state index contributed by atoms with van der Waals surface area (Å²) in [7, 11) is 0. The number of thioether (sulfide) groups is 1. The highest BCUT2D eigenvalue weighted by Crippen LogP contribution is 2.15. The van der Waals surface area contributed by atoms with Gasteiger partial charge in [0.25, 0.3) is 0 Å². The van der Waals surface area contributed by atoms with E-state index in [4.69, 9.17) is 0 Å². The van der Waals surface area contributed by atoms with Crippen LogP contribution in [0.1, 0.15) is 18.6 Å². The predicted octanol–water partition coefficient (Wildman–Crippen LogP) is 1.97. The summed E-state index contributed by atoms with van der Waals surface area (Å²) in [5.74, 6) is 0.0192. The van der Waals surface area contributed by atoms with Crippen molar-refractivity contribution in [3.8, 4) is 0 Å². The van der Waals surface area contributed by atoms with E-state index in [1.165, 1.54) is 12.1 Å². The van der Waals surface area contributed by atoms with Crippen LogP contribution in [-0.2, 0) is 4.79 Å². The molecule has 0 saturated carbocycles. The monoisotopic (exact) mass is 271 g/mol. The fourth-order valence-corrected chi connectivity index (χ4v) is 2.20. The molecular weight excluding hydrogens is 253 g/mol. The van der Waals surface area contributed by atoms with Crippen molar-refractivity contribution in [3.63, 3.8) is 0 Å². The van der Waals surface area contributed by atoms with Crippen molar-refractivity contribution in [3.05, 3.63) is 35.6 Å². The van der Waals surface area contributed by atoms with Crippen LogP contribution in [0.2, 0.25) is 0 Å². The summed E-state index contributed by atoms with van der Waals surface area (Å²) in [4.78, 5) is 11.6. The zero-order chi connectivity index (χ0) is 13.5. The maximum atomic E-state index is 13.4. The smallest absolute Gasteiger partial charge is 0.223 e. The van der Waals surface area contributed by atoms with Gasteiger partial charge in [-0.3, -0.25) is 4.79 Å². The van der Waals surface area contributed by atoms with Gasteiger partial charge in [-0.05, 0) is 12.3 Å². The summed E-state index contributed by atoms with van der Waals surface area (Å²) in [6.45, 7) is 1.85. The maximum absolute atomic E-state index is 13.4. The second-order valence-corrected chi connectivity index (χ2v) is 5.05. The third-order valence-corrected chi connectivity index (χ3v) is 3.43. The lowest BCUT2D eigenvalue weighted by molar-refractivity contribution is -0.124. The molecule has 0 aliphatic heterocycles. The lowest BCUT2D eigenvalue weighted by Crippen LogP contribution is -2.33. The Morgan fingerprint density at radius 1 is 1.50 bits per heavy atom. The first-order valence-electron chi connectivity index (χ1n) is 5.75. The number of rotatable bonds is 6. The minimum atomic E-state index is -1.02. The summed E-state index contributed by atoms with van der Waals surface area (Å²) in [5, 5.41) is 12.4. The van der Waals surface area contributed by atoms with Crippen molar-refractivity contribution < 1.29 is 14.3 Å². The number of amides is 1. The first kappa shape index (κ1) is 15.0. The van der Waals surface area contributed by atoms with Gasteiger partial charge in [0, 0.05) is 23.8 Å². The predicted molar refractivity (Wildman–Crippen MR) is 71.9 cm³/mol. The molecule has 0 fully saturated rings. The molecule has 5 heteroatoms.